The molecular formula is C13H18BrNO2. The highest BCUT2D eigenvalue weighted by Crippen LogP contribution is 2.18. The second-order valence-corrected chi connectivity index (χ2v) is 5.20. The van der Waals surface area contributed by atoms with E-state index in [4.69, 9.17) is 9.47 Å². The molecule has 1 unspecified atom stereocenters. The zero-order valence-electron chi connectivity index (χ0n) is 9.99. The molecule has 1 saturated heterocycles. The van der Waals surface area contributed by atoms with E-state index >= 15 is 0 Å². The molecule has 1 aliphatic heterocycles. The van der Waals surface area contributed by atoms with E-state index in [0.717, 1.165) is 24.0 Å². The van der Waals surface area contributed by atoms with E-state index < -0.39 is 0 Å². The van der Waals surface area contributed by atoms with Gasteiger partial charge in [0.1, 0.15) is 6.79 Å². The maximum absolute atomic E-state index is 5.49. The minimum atomic E-state index is 0.276. The molecule has 1 fully saturated rings. The van der Waals surface area contributed by atoms with Crippen LogP contribution in [0.15, 0.2) is 28.7 Å². The van der Waals surface area contributed by atoms with Gasteiger partial charge in [-0.25, -0.2) is 0 Å². The normalized spacial score (nSPS) is 22.4. The summed E-state index contributed by atoms with van der Waals surface area (Å²) in [4.78, 5) is 0. The number of rotatable bonds is 4. The second kappa shape index (κ2) is 6.50. The summed E-state index contributed by atoms with van der Waals surface area (Å²) in [5.41, 5.74) is 1.28. The standard InChI is InChI=1S/C13H18BrNO2/c1-10(11-3-2-4-12(14)7-11)15-8-13-5-6-16-9-17-13/h2-4,7,10,13,15H,5-6,8-9H2,1H3/t10-,13?/m1/s1. The molecule has 1 heterocycles. The molecule has 0 amide bonds. The Morgan fingerprint density at radius 1 is 1.53 bits per heavy atom. The minimum absolute atomic E-state index is 0.276. The molecule has 0 bridgehead atoms. The highest BCUT2D eigenvalue weighted by molar-refractivity contribution is 9.10. The van der Waals surface area contributed by atoms with Crippen LogP contribution in [0.1, 0.15) is 24.9 Å². The molecule has 2 atom stereocenters. The number of nitrogens with one attached hydrogen (secondary N) is 1. The van der Waals surface area contributed by atoms with Crippen LogP contribution in [0.5, 0.6) is 0 Å². The van der Waals surface area contributed by atoms with Crippen molar-refractivity contribution in [1.29, 1.82) is 0 Å². The Labute approximate surface area is 111 Å². The molecule has 0 radical (unpaired) electrons. The van der Waals surface area contributed by atoms with Crippen molar-refractivity contribution in [3.8, 4) is 0 Å². The summed E-state index contributed by atoms with van der Waals surface area (Å²) in [6.07, 6.45) is 1.25. The summed E-state index contributed by atoms with van der Waals surface area (Å²) in [5.74, 6) is 0. The monoisotopic (exact) mass is 299 g/mol. The summed E-state index contributed by atoms with van der Waals surface area (Å²) in [5, 5.41) is 3.49. The Morgan fingerprint density at radius 3 is 3.12 bits per heavy atom. The molecule has 4 heteroatoms. The van der Waals surface area contributed by atoms with Crippen LogP contribution in [0.4, 0.5) is 0 Å². The average molecular weight is 300 g/mol. The van der Waals surface area contributed by atoms with Crippen LogP contribution in [0.3, 0.4) is 0 Å². The molecule has 0 aromatic heterocycles. The van der Waals surface area contributed by atoms with E-state index in [1.165, 1.54) is 5.56 Å². The molecule has 0 aliphatic carbocycles. The van der Waals surface area contributed by atoms with Gasteiger partial charge in [0.2, 0.25) is 0 Å². The lowest BCUT2D eigenvalue weighted by atomic mass is 10.1. The van der Waals surface area contributed by atoms with Crippen LogP contribution in [-0.2, 0) is 9.47 Å². The van der Waals surface area contributed by atoms with Gasteiger partial charge in [-0.05, 0) is 31.0 Å². The van der Waals surface area contributed by atoms with Crippen LogP contribution in [-0.4, -0.2) is 26.0 Å². The van der Waals surface area contributed by atoms with Gasteiger partial charge in [0.25, 0.3) is 0 Å². The van der Waals surface area contributed by atoms with Gasteiger partial charge in [0, 0.05) is 17.1 Å². The lowest BCUT2D eigenvalue weighted by molar-refractivity contribution is -0.137. The quantitative estimate of drug-likeness (QED) is 0.927. The Bertz CT molecular complexity index is 353. The van der Waals surface area contributed by atoms with Crippen LogP contribution in [0, 0.1) is 0 Å². The van der Waals surface area contributed by atoms with E-state index in [-0.39, 0.29) is 6.10 Å². The van der Waals surface area contributed by atoms with Crippen molar-refractivity contribution >= 4 is 15.9 Å². The predicted molar refractivity (Wildman–Crippen MR) is 70.9 cm³/mol. The molecule has 17 heavy (non-hydrogen) atoms. The van der Waals surface area contributed by atoms with Gasteiger partial charge in [-0.15, -0.1) is 0 Å². The molecule has 2 rings (SSSR count). The van der Waals surface area contributed by atoms with Crippen molar-refractivity contribution in [1.82, 2.24) is 5.32 Å². The van der Waals surface area contributed by atoms with Crippen LogP contribution < -0.4 is 5.32 Å². The van der Waals surface area contributed by atoms with Gasteiger partial charge >= 0.3 is 0 Å². The fourth-order valence-electron chi connectivity index (χ4n) is 1.86. The maximum atomic E-state index is 5.49. The zero-order chi connectivity index (χ0) is 12.1. The third-order valence-electron chi connectivity index (χ3n) is 2.97. The summed E-state index contributed by atoms with van der Waals surface area (Å²) in [6.45, 7) is 4.27. The van der Waals surface area contributed by atoms with Crippen LogP contribution >= 0.6 is 15.9 Å². The first-order valence-electron chi connectivity index (χ1n) is 5.94. The Balaban J connectivity index is 1.82. The summed E-state index contributed by atoms with van der Waals surface area (Å²) in [7, 11) is 0. The predicted octanol–water partition coefficient (Wildman–Crippen LogP) is 2.86. The number of benzene rings is 1. The molecular weight excluding hydrogens is 282 g/mol. The fourth-order valence-corrected chi connectivity index (χ4v) is 2.28. The van der Waals surface area contributed by atoms with E-state index in [0.29, 0.717) is 12.8 Å². The molecule has 94 valence electrons. The first-order chi connectivity index (χ1) is 8.25. The number of hydrogen-bond acceptors (Lipinski definition) is 3. The van der Waals surface area contributed by atoms with Gasteiger partial charge in [0.15, 0.2) is 0 Å². The van der Waals surface area contributed by atoms with Gasteiger partial charge in [0.05, 0.1) is 12.7 Å². The van der Waals surface area contributed by atoms with Crippen LogP contribution in [0.2, 0.25) is 0 Å². The minimum Gasteiger partial charge on any atom is -0.355 e. The first-order valence-corrected chi connectivity index (χ1v) is 6.73. The van der Waals surface area contributed by atoms with E-state index in [1.807, 2.05) is 6.07 Å². The molecule has 1 aromatic rings. The van der Waals surface area contributed by atoms with E-state index in [2.05, 4.69) is 46.4 Å². The van der Waals surface area contributed by atoms with Crippen molar-refractivity contribution in [2.45, 2.75) is 25.5 Å². The molecule has 1 N–H and O–H groups in total. The highest BCUT2D eigenvalue weighted by atomic mass is 79.9. The van der Waals surface area contributed by atoms with Crippen LogP contribution in [0.25, 0.3) is 0 Å². The number of ether oxygens (including phenoxy) is 2. The molecule has 1 aromatic carbocycles. The van der Waals surface area contributed by atoms with Gasteiger partial charge in [-0.2, -0.15) is 0 Å². The SMILES string of the molecule is C[C@@H](NCC1CCOCO1)c1cccc(Br)c1. The number of hydrogen-bond donors (Lipinski definition) is 1. The number of halogens is 1. The maximum Gasteiger partial charge on any atom is 0.147 e. The molecule has 0 saturated carbocycles. The van der Waals surface area contributed by atoms with Crippen molar-refractivity contribution < 1.29 is 9.47 Å². The first kappa shape index (κ1) is 13.0. The molecule has 0 spiro atoms. The van der Waals surface area contributed by atoms with E-state index in [9.17, 15) is 0 Å². The largest absolute Gasteiger partial charge is 0.355 e. The summed E-state index contributed by atoms with van der Waals surface area (Å²) < 4.78 is 11.8. The lowest BCUT2D eigenvalue weighted by Crippen LogP contribution is -2.35. The topological polar surface area (TPSA) is 30.5 Å². The molecule has 3 nitrogen and oxygen atoms in total. The van der Waals surface area contributed by atoms with Gasteiger partial charge < -0.3 is 14.8 Å². The summed E-state index contributed by atoms with van der Waals surface area (Å²) >= 11 is 3.49. The second-order valence-electron chi connectivity index (χ2n) is 4.29. The zero-order valence-corrected chi connectivity index (χ0v) is 11.6. The van der Waals surface area contributed by atoms with Crippen molar-refractivity contribution in [3.05, 3.63) is 34.3 Å². The van der Waals surface area contributed by atoms with Crippen molar-refractivity contribution in [2.75, 3.05) is 19.9 Å². The van der Waals surface area contributed by atoms with Gasteiger partial charge in [-0.3, -0.25) is 0 Å². The Morgan fingerprint density at radius 2 is 2.41 bits per heavy atom. The average Bonchev–Trinajstić information content (AvgIpc) is 2.37. The Hall–Kier alpha value is -0.420. The van der Waals surface area contributed by atoms with Crippen molar-refractivity contribution in [2.24, 2.45) is 0 Å². The third-order valence-corrected chi connectivity index (χ3v) is 3.46. The smallest absolute Gasteiger partial charge is 0.147 e. The molecule has 1 aliphatic rings. The van der Waals surface area contributed by atoms with Crippen molar-refractivity contribution in [3.63, 3.8) is 0 Å². The highest BCUT2D eigenvalue weighted by Gasteiger charge is 2.15. The summed E-state index contributed by atoms with van der Waals surface area (Å²) in [6, 6.07) is 8.70. The lowest BCUT2D eigenvalue weighted by Gasteiger charge is -2.25. The Kier molecular flexibility index (Phi) is 4.98. The van der Waals surface area contributed by atoms with Gasteiger partial charge in [-0.1, -0.05) is 28.1 Å². The fraction of sp³-hybridized carbons (Fsp3) is 0.538. The van der Waals surface area contributed by atoms with E-state index in [1.54, 1.807) is 0 Å². The third kappa shape index (κ3) is 4.07.